The minimum absolute atomic E-state index is 0.0150. The summed E-state index contributed by atoms with van der Waals surface area (Å²) in [5.41, 5.74) is 2.34. The summed E-state index contributed by atoms with van der Waals surface area (Å²) in [6, 6.07) is 12.8. The number of carbonyl (C=O) groups is 2. The van der Waals surface area contributed by atoms with E-state index in [2.05, 4.69) is 23.7 Å². The molecule has 1 N–H and O–H groups in total. The van der Waals surface area contributed by atoms with Gasteiger partial charge in [0.1, 0.15) is 12.2 Å². The lowest BCUT2D eigenvalue weighted by Gasteiger charge is -2.58. The summed E-state index contributed by atoms with van der Waals surface area (Å²) in [4.78, 5) is 33.0. The number of piperazine rings is 1. The van der Waals surface area contributed by atoms with Gasteiger partial charge in [-0.2, -0.15) is 0 Å². The Morgan fingerprint density at radius 2 is 2.03 bits per heavy atom. The number of aromatic nitrogens is 1. The molecule has 2 aromatic rings. The average molecular weight is 403 g/mol. The van der Waals surface area contributed by atoms with E-state index in [1.807, 2.05) is 24.3 Å². The molecule has 0 spiro atoms. The highest BCUT2D eigenvalue weighted by Crippen LogP contribution is 2.43. The van der Waals surface area contributed by atoms with Gasteiger partial charge in [0.25, 0.3) is 5.91 Å². The number of aliphatic hydroxyl groups excluding tert-OH is 1. The van der Waals surface area contributed by atoms with Crippen molar-refractivity contribution in [2.45, 2.75) is 37.8 Å². The first-order chi connectivity index (χ1) is 14.6. The van der Waals surface area contributed by atoms with Gasteiger partial charge in [0.2, 0.25) is 5.91 Å². The molecule has 30 heavy (non-hydrogen) atoms. The molecule has 2 saturated heterocycles. The Morgan fingerprint density at radius 3 is 2.70 bits per heavy atom. The van der Waals surface area contributed by atoms with Crippen molar-refractivity contribution in [1.29, 1.82) is 0 Å². The molecular formula is C24H25N3O3. The van der Waals surface area contributed by atoms with Crippen LogP contribution in [0.2, 0.25) is 0 Å². The molecule has 3 heterocycles. The van der Waals surface area contributed by atoms with E-state index in [0.29, 0.717) is 12.2 Å². The van der Waals surface area contributed by atoms with Crippen LogP contribution in [0.4, 0.5) is 0 Å². The number of rotatable bonds is 4. The van der Waals surface area contributed by atoms with Crippen LogP contribution in [0.5, 0.6) is 0 Å². The van der Waals surface area contributed by atoms with Gasteiger partial charge in [0.15, 0.2) is 0 Å². The highest BCUT2D eigenvalue weighted by Gasteiger charge is 2.54. The lowest BCUT2D eigenvalue weighted by atomic mass is 9.73. The van der Waals surface area contributed by atoms with Crippen molar-refractivity contribution < 1.29 is 14.7 Å². The third kappa shape index (κ3) is 3.69. The molecule has 2 amide bonds. The van der Waals surface area contributed by atoms with Gasteiger partial charge in [-0.1, -0.05) is 37.0 Å². The molecule has 154 valence electrons. The molecule has 0 saturated carbocycles. The van der Waals surface area contributed by atoms with Crippen LogP contribution in [0.1, 0.15) is 47.3 Å². The highest BCUT2D eigenvalue weighted by atomic mass is 16.3. The van der Waals surface area contributed by atoms with Crippen molar-refractivity contribution in [2.75, 3.05) is 19.7 Å². The minimum Gasteiger partial charge on any atom is -0.394 e. The van der Waals surface area contributed by atoms with Crippen molar-refractivity contribution in [1.82, 2.24) is 14.8 Å². The van der Waals surface area contributed by atoms with E-state index in [-0.39, 0.29) is 43.0 Å². The van der Waals surface area contributed by atoms with E-state index < -0.39 is 0 Å². The lowest BCUT2D eigenvalue weighted by molar-refractivity contribution is -0.159. The Labute approximate surface area is 176 Å². The Balaban J connectivity index is 1.54. The molecule has 2 aliphatic rings. The predicted octanol–water partition coefficient (Wildman–Crippen LogP) is 2.04. The molecule has 6 nitrogen and oxygen atoms in total. The molecule has 0 unspecified atom stereocenters. The molecule has 0 radical (unpaired) electrons. The number of carbonyl (C=O) groups excluding carboxylic acids is 2. The van der Waals surface area contributed by atoms with E-state index >= 15 is 0 Å². The Kier molecular flexibility index (Phi) is 5.82. The van der Waals surface area contributed by atoms with E-state index in [0.717, 1.165) is 24.0 Å². The molecule has 2 aliphatic heterocycles. The fraction of sp³-hybridized carbons (Fsp3) is 0.375. The number of pyridine rings is 1. The first-order valence-corrected chi connectivity index (χ1v) is 10.3. The summed E-state index contributed by atoms with van der Waals surface area (Å²) in [5.74, 6) is 5.90. The van der Waals surface area contributed by atoms with Gasteiger partial charge in [0, 0.05) is 30.6 Å². The number of unbranched alkanes of at least 4 members (excludes halogenated alkanes) is 1. The highest BCUT2D eigenvalue weighted by molar-refractivity contribution is 5.96. The van der Waals surface area contributed by atoms with Crippen LogP contribution in [0.3, 0.4) is 0 Å². The normalized spacial score (nSPS) is 22.6. The summed E-state index contributed by atoms with van der Waals surface area (Å²) >= 11 is 0. The Bertz CT molecular complexity index is 978. The van der Waals surface area contributed by atoms with Gasteiger partial charge in [0.05, 0.1) is 18.7 Å². The summed E-state index contributed by atoms with van der Waals surface area (Å²) < 4.78 is 0. The molecule has 0 bridgehead atoms. The van der Waals surface area contributed by atoms with Crippen molar-refractivity contribution in [3.8, 4) is 11.8 Å². The maximum absolute atomic E-state index is 12.8. The zero-order valence-corrected chi connectivity index (χ0v) is 17.0. The first-order valence-electron chi connectivity index (χ1n) is 10.3. The van der Waals surface area contributed by atoms with Crippen molar-refractivity contribution in [3.63, 3.8) is 0 Å². The number of nitrogens with zero attached hydrogens (tertiary/aromatic N) is 3. The second-order valence-corrected chi connectivity index (χ2v) is 7.72. The molecule has 6 heteroatoms. The average Bonchev–Trinajstić information content (AvgIpc) is 2.76. The second kappa shape index (κ2) is 8.68. The van der Waals surface area contributed by atoms with Crippen LogP contribution in [0, 0.1) is 11.8 Å². The monoisotopic (exact) mass is 403 g/mol. The zero-order chi connectivity index (χ0) is 21.1. The van der Waals surface area contributed by atoms with Crippen LogP contribution in [-0.2, 0) is 4.79 Å². The third-order valence-electron chi connectivity index (χ3n) is 5.83. The van der Waals surface area contributed by atoms with Gasteiger partial charge in [-0.15, -0.1) is 0 Å². The van der Waals surface area contributed by atoms with Crippen LogP contribution < -0.4 is 0 Å². The van der Waals surface area contributed by atoms with Crippen molar-refractivity contribution >= 4 is 11.8 Å². The molecule has 1 aromatic heterocycles. The Hall–Kier alpha value is -3.17. The number of amides is 2. The maximum Gasteiger partial charge on any atom is 0.272 e. The Morgan fingerprint density at radius 1 is 1.23 bits per heavy atom. The first kappa shape index (κ1) is 20.1. The van der Waals surface area contributed by atoms with Crippen LogP contribution in [-0.4, -0.2) is 63.5 Å². The van der Waals surface area contributed by atoms with Gasteiger partial charge < -0.3 is 14.9 Å². The fourth-order valence-corrected chi connectivity index (χ4v) is 4.38. The largest absolute Gasteiger partial charge is 0.394 e. The number of aliphatic hydroxyl groups is 1. The van der Waals surface area contributed by atoms with Gasteiger partial charge in [-0.05, 0) is 36.2 Å². The smallest absolute Gasteiger partial charge is 0.272 e. The van der Waals surface area contributed by atoms with Gasteiger partial charge in [-0.25, -0.2) is 0 Å². The van der Waals surface area contributed by atoms with E-state index in [9.17, 15) is 14.7 Å². The standard InChI is InChI=1S/C24H25N3O3/c1-2-3-4-7-17-9-11-18(12-10-17)23-20-14-26(15-22(29)27(20)21(23)16-28)24(30)19-8-5-6-13-25-19/h5-6,8-13,20-21,23,28H,2-3,14-16H2,1H3/t20-,21+,23+/m0/s1. The summed E-state index contributed by atoms with van der Waals surface area (Å²) in [5, 5.41) is 9.92. The van der Waals surface area contributed by atoms with Gasteiger partial charge >= 0.3 is 0 Å². The van der Waals surface area contributed by atoms with E-state index in [4.69, 9.17) is 0 Å². The molecule has 0 aliphatic carbocycles. The summed E-state index contributed by atoms with van der Waals surface area (Å²) in [7, 11) is 0. The van der Waals surface area contributed by atoms with Crippen LogP contribution in [0.15, 0.2) is 48.7 Å². The van der Waals surface area contributed by atoms with E-state index in [1.165, 1.54) is 0 Å². The summed E-state index contributed by atoms with van der Waals surface area (Å²) in [6.45, 7) is 2.45. The number of hydrogen-bond acceptors (Lipinski definition) is 4. The predicted molar refractivity (Wildman–Crippen MR) is 113 cm³/mol. The third-order valence-corrected chi connectivity index (χ3v) is 5.83. The summed E-state index contributed by atoms with van der Waals surface area (Å²) in [6.07, 6.45) is 3.48. The number of hydrogen-bond donors (Lipinski definition) is 1. The topological polar surface area (TPSA) is 73.7 Å². The van der Waals surface area contributed by atoms with Gasteiger partial charge in [-0.3, -0.25) is 14.6 Å². The quantitative estimate of drug-likeness (QED) is 0.793. The van der Waals surface area contributed by atoms with Crippen LogP contribution >= 0.6 is 0 Å². The maximum atomic E-state index is 12.8. The van der Waals surface area contributed by atoms with E-state index in [1.54, 1.807) is 34.2 Å². The fourth-order valence-electron chi connectivity index (χ4n) is 4.38. The molecule has 1 aromatic carbocycles. The lowest BCUT2D eigenvalue weighted by Crippen LogP contribution is -2.73. The van der Waals surface area contributed by atoms with Crippen molar-refractivity contribution in [2.24, 2.45) is 0 Å². The molecule has 3 atom stereocenters. The zero-order valence-electron chi connectivity index (χ0n) is 17.0. The van der Waals surface area contributed by atoms with Crippen LogP contribution in [0.25, 0.3) is 0 Å². The SMILES string of the molecule is CCCC#Cc1ccc([C@H]2[C@@H](CO)N3C(=O)CN(C(=O)c4ccccn4)C[C@@H]23)cc1. The second-order valence-electron chi connectivity index (χ2n) is 7.72. The minimum atomic E-state index is -0.258. The number of fused-ring (bicyclic) bond motifs is 1. The molecule has 4 rings (SSSR count). The molecule has 2 fully saturated rings. The van der Waals surface area contributed by atoms with Crippen molar-refractivity contribution in [3.05, 3.63) is 65.5 Å². The molecular weight excluding hydrogens is 378 g/mol. The number of benzene rings is 1.